The molecular formula is C19H17BrCl2F3N5O. The van der Waals surface area contributed by atoms with Crippen molar-refractivity contribution in [3.8, 4) is 0 Å². The number of carbonyl (C=O) groups excluding carboxylic acids is 1. The number of nitrogens with zero attached hydrogens (tertiary/aromatic N) is 4. The second kappa shape index (κ2) is 9.22. The summed E-state index contributed by atoms with van der Waals surface area (Å²) in [5.74, 6) is -0.0595. The van der Waals surface area contributed by atoms with Crippen molar-refractivity contribution < 1.29 is 18.0 Å². The van der Waals surface area contributed by atoms with Gasteiger partial charge >= 0.3 is 6.18 Å². The predicted molar refractivity (Wildman–Crippen MR) is 115 cm³/mol. The van der Waals surface area contributed by atoms with Crippen molar-refractivity contribution in [1.29, 1.82) is 0 Å². The molecule has 3 aromatic rings. The molecule has 6 nitrogen and oxygen atoms in total. The van der Waals surface area contributed by atoms with Gasteiger partial charge in [0.1, 0.15) is 0 Å². The third-order valence-corrected chi connectivity index (χ3v) is 6.07. The van der Waals surface area contributed by atoms with Crippen molar-refractivity contribution in [2.75, 3.05) is 5.32 Å². The van der Waals surface area contributed by atoms with Gasteiger partial charge in [0.25, 0.3) is 0 Å². The summed E-state index contributed by atoms with van der Waals surface area (Å²) in [4.78, 5) is 12.3. The molecule has 0 aliphatic heterocycles. The molecule has 0 spiro atoms. The summed E-state index contributed by atoms with van der Waals surface area (Å²) in [7, 11) is 0. The van der Waals surface area contributed by atoms with E-state index in [1.54, 1.807) is 28.9 Å². The standard InChI is InChI=1S/C19H17BrCl2F3N5O/c1-10-7-15(27-30(10)9-12-3-4-13(21)8-14(12)22)26-16(31)5-6-29-11(2)17(20)18(28-29)19(23,24)25/h3-4,7-8H,5-6,9H2,1-2H3,(H,26,27,31). The molecule has 1 amide bonds. The summed E-state index contributed by atoms with van der Waals surface area (Å²) in [5, 5.41) is 11.6. The van der Waals surface area contributed by atoms with Crippen molar-refractivity contribution >= 4 is 50.9 Å². The molecule has 0 aliphatic rings. The summed E-state index contributed by atoms with van der Waals surface area (Å²) in [6.07, 6.45) is -4.64. The molecule has 0 fully saturated rings. The predicted octanol–water partition coefficient (Wildman–Crippen LogP) is 5.86. The monoisotopic (exact) mass is 537 g/mol. The van der Waals surface area contributed by atoms with Crippen molar-refractivity contribution in [2.24, 2.45) is 0 Å². The molecule has 3 rings (SSSR count). The van der Waals surface area contributed by atoms with Crippen LogP contribution in [0.15, 0.2) is 28.7 Å². The summed E-state index contributed by atoms with van der Waals surface area (Å²) in [6, 6.07) is 6.85. The molecule has 0 radical (unpaired) electrons. The van der Waals surface area contributed by atoms with Crippen LogP contribution in [-0.2, 0) is 24.1 Å². The van der Waals surface area contributed by atoms with Crippen molar-refractivity contribution in [3.63, 3.8) is 0 Å². The van der Waals surface area contributed by atoms with Gasteiger partial charge in [-0.15, -0.1) is 0 Å². The number of benzene rings is 1. The van der Waals surface area contributed by atoms with E-state index in [0.29, 0.717) is 28.1 Å². The van der Waals surface area contributed by atoms with Crippen LogP contribution in [0.1, 0.15) is 29.1 Å². The maximum atomic E-state index is 13.0. The number of carbonyl (C=O) groups is 1. The van der Waals surface area contributed by atoms with E-state index in [-0.39, 0.29) is 17.4 Å². The Kier molecular flexibility index (Phi) is 7.02. The van der Waals surface area contributed by atoms with Crippen LogP contribution in [0.4, 0.5) is 19.0 Å². The number of rotatable bonds is 6. The first-order valence-corrected chi connectivity index (χ1v) is 10.6. The molecular weight excluding hydrogens is 522 g/mol. The Bertz CT molecular complexity index is 1130. The SMILES string of the molecule is Cc1cc(NC(=O)CCn2nc(C(F)(F)F)c(Br)c2C)nn1Cc1ccc(Cl)cc1Cl. The highest BCUT2D eigenvalue weighted by molar-refractivity contribution is 9.10. The normalized spacial score (nSPS) is 11.7. The lowest BCUT2D eigenvalue weighted by atomic mass is 10.2. The Labute approximate surface area is 194 Å². The molecule has 166 valence electrons. The minimum absolute atomic E-state index is 0.00752. The lowest BCUT2D eigenvalue weighted by molar-refractivity contribution is -0.142. The Balaban J connectivity index is 1.63. The van der Waals surface area contributed by atoms with Crippen LogP contribution in [0.2, 0.25) is 10.0 Å². The molecule has 1 aromatic carbocycles. The van der Waals surface area contributed by atoms with Crippen molar-refractivity contribution in [2.45, 2.75) is 39.5 Å². The zero-order valence-electron chi connectivity index (χ0n) is 16.4. The van der Waals surface area contributed by atoms with Crippen LogP contribution in [0.5, 0.6) is 0 Å². The highest BCUT2D eigenvalue weighted by atomic mass is 79.9. The zero-order chi connectivity index (χ0) is 22.9. The third-order valence-electron chi connectivity index (χ3n) is 4.54. The zero-order valence-corrected chi connectivity index (χ0v) is 19.5. The van der Waals surface area contributed by atoms with Crippen LogP contribution in [0.3, 0.4) is 0 Å². The molecule has 2 heterocycles. The molecule has 31 heavy (non-hydrogen) atoms. The maximum Gasteiger partial charge on any atom is 0.436 e. The number of alkyl halides is 3. The number of anilines is 1. The molecule has 1 N–H and O–H groups in total. The van der Waals surface area contributed by atoms with Gasteiger partial charge in [0.05, 0.1) is 23.3 Å². The van der Waals surface area contributed by atoms with Gasteiger partial charge in [-0.2, -0.15) is 23.4 Å². The molecule has 0 unspecified atom stereocenters. The van der Waals surface area contributed by atoms with E-state index in [1.807, 2.05) is 6.92 Å². The van der Waals surface area contributed by atoms with Gasteiger partial charge in [-0.05, 0) is 47.5 Å². The van der Waals surface area contributed by atoms with Crippen molar-refractivity contribution in [3.05, 3.63) is 61.4 Å². The number of amides is 1. The van der Waals surface area contributed by atoms with E-state index >= 15 is 0 Å². The Morgan fingerprint density at radius 1 is 1.16 bits per heavy atom. The largest absolute Gasteiger partial charge is 0.436 e. The topological polar surface area (TPSA) is 64.7 Å². The first-order valence-electron chi connectivity index (χ1n) is 9.04. The lowest BCUT2D eigenvalue weighted by Gasteiger charge is -2.07. The number of hydrogen-bond acceptors (Lipinski definition) is 3. The molecule has 0 saturated heterocycles. The summed E-state index contributed by atoms with van der Waals surface area (Å²) in [5.41, 5.74) is 0.888. The van der Waals surface area contributed by atoms with Gasteiger partial charge in [-0.3, -0.25) is 14.2 Å². The maximum absolute atomic E-state index is 13.0. The average molecular weight is 539 g/mol. The molecule has 2 aromatic heterocycles. The number of aromatic nitrogens is 4. The number of nitrogens with one attached hydrogen (secondary N) is 1. The fraction of sp³-hybridized carbons (Fsp3) is 0.316. The second-order valence-corrected chi connectivity index (χ2v) is 8.47. The fourth-order valence-corrected chi connectivity index (χ4v) is 3.86. The van der Waals surface area contributed by atoms with Gasteiger partial charge in [-0.1, -0.05) is 29.3 Å². The Morgan fingerprint density at radius 2 is 1.87 bits per heavy atom. The highest BCUT2D eigenvalue weighted by Gasteiger charge is 2.37. The summed E-state index contributed by atoms with van der Waals surface area (Å²) < 4.78 is 41.6. The molecule has 0 atom stereocenters. The van der Waals surface area contributed by atoms with E-state index in [0.717, 1.165) is 15.9 Å². The van der Waals surface area contributed by atoms with Gasteiger partial charge in [-0.25, -0.2) is 0 Å². The van der Waals surface area contributed by atoms with Crippen molar-refractivity contribution in [1.82, 2.24) is 19.6 Å². The van der Waals surface area contributed by atoms with Crippen LogP contribution in [0, 0.1) is 13.8 Å². The summed E-state index contributed by atoms with van der Waals surface area (Å²) in [6.45, 7) is 3.71. The molecule has 0 bridgehead atoms. The van der Waals surface area contributed by atoms with E-state index in [1.165, 1.54) is 6.92 Å². The van der Waals surface area contributed by atoms with E-state index in [2.05, 4.69) is 31.4 Å². The van der Waals surface area contributed by atoms with Gasteiger partial charge in [0, 0.05) is 28.2 Å². The highest BCUT2D eigenvalue weighted by Crippen LogP contribution is 2.35. The van der Waals surface area contributed by atoms with E-state index in [4.69, 9.17) is 23.2 Å². The molecule has 0 saturated carbocycles. The third kappa shape index (κ3) is 5.61. The van der Waals surface area contributed by atoms with Crippen LogP contribution >= 0.6 is 39.1 Å². The Morgan fingerprint density at radius 3 is 2.48 bits per heavy atom. The minimum atomic E-state index is -4.57. The van der Waals surface area contributed by atoms with Gasteiger partial charge < -0.3 is 5.32 Å². The molecule has 0 aliphatic carbocycles. The van der Waals surface area contributed by atoms with Gasteiger partial charge in [0.2, 0.25) is 5.91 Å². The Hall–Kier alpha value is -2.04. The van der Waals surface area contributed by atoms with Gasteiger partial charge in [0.15, 0.2) is 11.5 Å². The van der Waals surface area contributed by atoms with Crippen LogP contribution in [-0.4, -0.2) is 25.5 Å². The number of halogens is 6. The van der Waals surface area contributed by atoms with E-state index in [9.17, 15) is 18.0 Å². The van der Waals surface area contributed by atoms with Crippen LogP contribution in [0.25, 0.3) is 0 Å². The smallest absolute Gasteiger partial charge is 0.309 e. The van der Waals surface area contributed by atoms with Crippen LogP contribution < -0.4 is 5.32 Å². The second-order valence-electron chi connectivity index (χ2n) is 6.83. The molecule has 12 heteroatoms. The minimum Gasteiger partial charge on any atom is -0.309 e. The number of aryl methyl sites for hydroxylation is 2. The lowest BCUT2D eigenvalue weighted by Crippen LogP contribution is -2.16. The van der Waals surface area contributed by atoms with E-state index < -0.39 is 17.8 Å². The number of hydrogen-bond donors (Lipinski definition) is 1. The summed E-state index contributed by atoms with van der Waals surface area (Å²) >= 11 is 15.0. The first-order chi connectivity index (χ1) is 14.5. The quantitative estimate of drug-likeness (QED) is 0.427. The average Bonchev–Trinajstić information content (AvgIpc) is 3.15. The first kappa shape index (κ1) is 23.6. The fourth-order valence-electron chi connectivity index (χ4n) is 2.88.